The molecular weight excluding hydrogens is 604 g/mol. The number of aliphatic hydroxyl groups is 1. The Kier molecular flexibility index (Phi) is 9.75. The Morgan fingerprint density at radius 2 is 1.04 bits per heavy atom. The molecule has 16 heteroatoms. The van der Waals surface area contributed by atoms with Crippen molar-refractivity contribution >= 4 is 11.9 Å². The molecule has 0 aromatic heterocycles. The van der Waals surface area contributed by atoms with Crippen molar-refractivity contribution in [1.29, 1.82) is 0 Å². The quantitative estimate of drug-likeness (QED) is 0.145. The van der Waals surface area contributed by atoms with Crippen LogP contribution in [-0.4, -0.2) is 84.4 Å². The van der Waals surface area contributed by atoms with Gasteiger partial charge in [-0.25, -0.2) is 9.59 Å². The third-order valence-corrected chi connectivity index (χ3v) is 6.15. The van der Waals surface area contributed by atoms with Gasteiger partial charge in [-0.05, 0) is 42.0 Å². The Hall–Kier alpha value is -6.42. The van der Waals surface area contributed by atoms with Crippen LogP contribution < -0.4 is 4.74 Å². The lowest BCUT2D eigenvalue weighted by Crippen LogP contribution is -2.30. The molecule has 1 aliphatic heterocycles. The Labute approximate surface area is 251 Å². The minimum atomic E-state index is -1.29. The van der Waals surface area contributed by atoms with Crippen molar-refractivity contribution in [2.45, 2.75) is 18.6 Å². The molecule has 0 saturated heterocycles. The van der Waals surface area contributed by atoms with Crippen LogP contribution in [-0.2, 0) is 6.42 Å². The molecule has 238 valence electrons. The average Bonchev–Trinajstić information content (AvgIpc) is 2.96. The first-order valence-electron chi connectivity index (χ1n) is 12.4. The number of hydrogen-bond donors (Lipinski definition) is 13. The molecule has 1 heterocycles. The summed E-state index contributed by atoms with van der Waals surface area (Å²) >= 11 is 0. The van der Waals surface area contributed by atoms with E-state index in [2.05, 4.69) is 0 Å². The zero-order valence-electron chi connectivity index (χ0n) is 22.6. The molecule has 0 saturated carbocycles. The fraction of sp³-hybridized carbons (Fsp3) is 0.103. The topological polar surface area (TPSA) is 306 Å². The summed E-state index contributed by atoms with van der Waals surface area (Å²) in [5.74, 6) is -7.25. The summed E-state index contributed by atoms with van der Waals surface area (Å²) in [6, 6.07) is 10.0. The highest BCUT2D eigenvalue weighted by molar-refractivity contribution is 5.89. The molecule has 0 spiro atoms. The molecule has 2 atom stereocenters. The van der Waals surface area contributed by atoms with Gasteiger partial charge in [-0.1, -0.05) is 6.07 Å². The number of aromatic hydroxyl groups is 10. The smallest absolute Gasteiger partial charge is 0.335 e. The first-order chi connectivity index (χ1) is 21.0. The Morgan fingerprint density at radius 1 is 0.578 bits per heavy atom. The van der Waals surface area contributed by atoms with E-state index in [1.165, 1.54) is 30.3 Å². The summed E-state index contributed by atoms with van der Waals surface area (Å²) in [6.07, 6.45) is -1.56. The summed E-state index contributed by atoms with van der Waals surface area (Å²) in [5, 5.41) is 118. The highest BCUT2D eigenvalue weighted by Crippen LogP contribution is 2.43. The fourth-order valence-electron chi connectivity index (χ4n) is 3.92. The fourth-order valence-corrected chi connectivity index (χ4v) is 3.92. The molecule has 0 radical (unpaired) electrons. The van der Waals surface area contributed by atoms with Crippen LogP contribution in [0.3, 0.4) is 0 Å². The predicted molar refractivity (Wildman–Crippen MR) is 149 cm³/mol. The first kappa shape index (κ1) is 33.1. The molecule has 13 N–H and O–H groups in total. The Balaban J connectivity index is 0.000000198. The van der Waals surface area contributed by atoms with Gasteiger partial charge in [-0.15, -0.1) is 0 Å². The van der Waals surface area contributed by atoms with E-state index in [0.717, 1.165) is 24.3 Å². The Bertz CT molecular complexity index is 1640. The van der Waals surface area contributed by atoms with Crippen LogP contribution in [0.1, 0.15) is 37.9 Å². The van der Waals surface area contributed by atoms with Crippen molar-refractivity contribution in [3.8, 4) is 63.2 Å². The first-order valence-corrected chi connectivity index (χ1v) is 12.4. The largest absolute Gasteiger partial charge is 0.508 e. The van der Waals surface area contributed by atoms with Gasteiger partial charge in [-0.2, -0.15) is 0 Å². The van der Waals surface area contributed by atoms with Gasteiger partial charge in [0.15, 0.2) is 46.0 Å². The van der Waals surface area contributed by atoms with Crippen LogP contribution in [0.25, 0.3) is 0 Å². The second kappa shape index (κ2) is 13.3. The molecule has 0 amide bonds. The molecule has 0 fully saturated rings. The van der Waals surface area contributed by atoms with E-state index in [4.69, 9.17) is 45.6 Å². The number of rotatable bonds is 3. The van der Waals surface area contributed by atoms with Crippen molar-refractivity contribution in [2.75, 3.05) is 0 Å². The molecule has 0 aliphatic carbocycles. The molecule has 1 aliphatic rings. The van der Waals surface area contributed by atoms with E-state index >= 15 is 0 Å². The van der Waals surface area contributed by atoms with E-state index in [1.807, 2.05) is 0 Å². The second-order valence-corrected chi connectivity index (χ2v) is 9.34. The number of carbonyl (C=O) groups is 2. The molecule has 0 bridgehead atoms. The summed E-state index contributed by atoms with van der Waals surface area (Å²) < 4.78 is 5.62. The van der Waals surface area contributed by atoms with Crippen molar-refractivity contribution in [2.24, 2.45) is 0 Å². The summed E-state index contributed by atoms with van der Waals surface area (Å²) in [6.45, 7) is 0. The zero-order valence-corrected chi connectivity index (χ0v) is 22.6. The van der Waals surface area contributed by atoms with Crippen molar-refractivity contribution in [3.63, 3.8) is 0 Å². The summed E-state index contributed by atoms with van der Waals surface area (Å²) in [5.41, 5.74) is 0.316. The maximum Gasteiger partial charge on any atom is 0.335 e. The van der Waals surface area contributed by atoms with Gasteiger partial charge in [-0.3, -0.25) is 0 Å². The van der Waals surface area contributed by atoms with E-state index in [9.17, 15) is 35.1 Å². The maximum atomic E-state index is 10.3. The predicted octanol–water partition coefficient (Wildman–Crippen LogP) is 2.55. The van der Waals surface area contributed by atoms with Crippen molar-refractivity contribution in [1.82, 2.24) is 0 Å². The number of carboxylic acid groups (broad SMARTS) is 2. The molecule has 45 heavy (non-hydrogen) atoms. The maximum absolute atomic E-state index is 10.3. The van der Waals surface area contributed by atoms with E-state index in [0.29, 0.717) is 11.1 Å². The van der Waals surface area contributed by atoms with Gasteiger partial charge in [0.25, 0.3) is 0 Å². The van der Waals surface area contributed by atoms with Crippen LogP contribution in [0.15, 0.2) is 54.6 Å². The van der Waals surface area contributed by atoms with Crippen LogP contribution in [0.4, 0.5) is 0 Å². The number of aromatic carboxylic acids is 2. The standard InChI is InChI=1S/C15H14O6.2C7H6O5/c16-8-4-11(18)9-6-13(20)15(21-14(9)5-8)7-1-2-10(17)12(19)3-7;2*8-4-1-3(7(11)12)2-5(9)6(4)10/h1-5,13,15-20H,6H2;2*1-2,8-10H,(H,11,12)/t13-,15+;;/m0../s1. The van der Waals surface area contributed by atoms with Gasteiger partial charge < -0.3 is 71.1 Å². The van der Waals surface area contributed by atoms with Gasteiger partial charge in [0.1, 0.15) is 23.4 Å². The highest BCUT2D eigenvalue weighted by Gasteiger charge is 2.32. The number of aliphatic hydroxyl groups excluding tert-OH is 1. The van der Waals surface area contributed by atoms with Gasteiger partial charge in [0.2, 0.25) is 0 Å². The number of benzene rings is 4. The number of phenols is 10. The number of ether oxygens (including phenoxy) is 1. The van der Waals surface area contributed by atoms with E-state index in [1.54, 1.807) is 0 Å². The number of phenolic OH excluding ortho intramolecular Hbond substituents is 10. The van der Waals surface area contributed by atoms with Gasteiger partial charge in [0, 0.05) is 24.1 Å². The van der Waals surface area contributed by atoms with E-state index < -0.39 is 58.6 Å². The zero-order chi connectivity index (χ0) is 33.7. The molecular formula is C29H26O16. The monoisotopic (exact) mass is 630 g/mol. The van der Waals surface area contributed by atoms with Crippen LogP contribution in [0, 0.1) is 0 Å². The minimum absolute atomic E-state index is 0.143. The van der Waals surface area contributed by atoms with Crippen LogP contribution in [0.2, 0.25) is 0 Å². The van der Waals surface area contributed by atoms with Crippen molar-refractivity contribution < 1.29 is 80.7 Å². The van der Waals surface area contributed by atoms with Crippen LogP contribution >= 0.6 is 0 Å². The highest BCUT2D eigenvalue weighted by atomic mass is 16.5. The number of fused-ring (bicyclic) bond motifs is 1. The number of carboxylic acids is 2. The van der Waals surface area contributed by atoms with Crippen molar-refractivity contribution in [3.05, 3.63) is 76.9 Å². The third-order valence-electron chi connectivity index (χ3n) is 6.15. The lowest BCUT2D eigenvalue weighted by atomic mass is 9.94. The number of hydrogen-bond acceptors (Lipinski definition) is 14. The molecule has 4 aromatic carbocycles. The lowest BCUT2D eigenvalue weighted by Gasteiger charge is -2.31. The SMILES string of the molecule is O=C(O)c1cc(O)c(O)c(O)c1.O=C(O)c1cc(O)c(O)c(O)c1.Oc1cc(O)c2c(c1)O[C@H](c1ccc(O)c(O)c1)[C@@H](O)C2. The Morgan fingerprint density at radius 3 is 1.47 bits per heavy atom. The molecule has 0 unspecified atom stereocenters. The summed E-state index contributed by atoms with van der Waals surface area (Å²) in [4.78, 5) is 20.6. The lowest BCUT2D eigenvalue weighted by molar-refractivity contribution is 0.0197. The molecule has 16 nitrogen and oxygen atoms in total. The van der Waals surface area contributed by atoms with E-state index in [-0.39, 0.29) is 46.3 Å². The molecule has 5 rings (SSSR count). The second-order valence-electron chi connectivity index (χ2n) is 9.34. The third kappa shape index (κ3) is 7.70. The minimum Gasteiger partial charge on any atom is -0.508 e. The summed E-state index contributed by atoms with van der Waals surface area (Å²) in [7, 11) is 0. The van der Waals surface area contributed by atoms with Crippen LogP contribution in [0.5, 0.6) is 63.2 Å². The van der Waals surface area contributed by atoms with Gasteiger partial charge >= 0.3 is 11.9 Å². The van der Waals surface area contributed by atoms with Gasteiger partial charge in [0.05, 0.1) is 17.2 Å². The normalized spacial score (nSPS) is 14.8. The molecule has 4 aromatic rings. The average molecular weight is 631 g/mol.